The first-order chi connectivity index (χ1) is 11.2. The monoisotopic (exact) mass is 318 g/mol. The predicted molar refractivity (Wildman–Crippen MR) is 81.4 cm³/mol. The molecule has 1 saturated heterocycles. The van der Waals surface area contributed by atoms with Crippen LogP contribution in [-0.4, -0.2) is 46.0 Å². The number of nitrogens with zero attached hydrogens (tertiary/aromatic N) is 5. The van der Waals surface area contributed by atoms with Crippen LogP contribution in [0.4, 0.5) is 5.69 Å². The Morgan fingerprint density at radius 3 is 2.83 bits per heavy atom. The molecule has 1 aliphatic heterocycles. The average molecular weight is 318 g/mol. The van der Waals surface area contributed by atoms with E-state index in [1.807, 2.05) is 0 Å². The molecule has 1 fully saturated rings. The molecule has 23 heavy (non-hydrogen) atoms. The summed E-state index contributed by atoms with van der Waals surface area (Å²) in [6.45, 7) is 1.95. The number of hydrogen-bond donors (Lipinski definition) is 1. The molecule has 3 heterocycles. The van der Waals surface area contributed by atoms with Crippen molar-refractivity contribution >= 4 is 11.6 Å². The van der Waals surface area contributed by atoms with Crippen molar-refractivity contribution in [3.05, 3.63) is 34.3 Å². The van der Waals surface area contributed by atoms with Crippen molar-refractivity contribution in [1.82, 2.24) is 25.2 Å². The minimum atomic E-state index is -0.468. The number of rotatable bonds is 4. The molecule has 0 atom stereocenters. The lowest BCUT2D eigenvalue weighted by Crippen LogP contribution is -2.32. The molecule has 0 unspecified atom stereocenters. The van der Waals surface area contributed by atoms with E-state index < -0.39 is 5.91 Å². The van der Waals surface area contributed by atoms with Crippen molar-refractivity contribution in [2.24, 2.45) is 0 Å². The molecule has 9 heteroatoms. The molecule has 0 spiro atoms. The number of piperidine rings is 1. The van der Waals surface area contributed by atoms with Gasteiger partial charge in [-0.25, -0.2) is 4.68 Å². The molecular weight excluding hydrogens is 300 g/mol. The van der Waals surface area contributed by atoms with Crippen molar-refractivity contribution in [2.75, 3.05) is 25.0 Å². The van der Waals surface area contributed by atoms with Crippen LogP contribution in [0.3, 0.4) is 0 Å². The van der Waals surface area contributed by atoms with Crippen LogP contribution in [0.15, 0.2) is 21.6 Å². The van der Waals surface area contributed by atoms with Crippen LogP contribution in [0.25, 0.3) is 0 Å². The largest absolute Gasteiger partial charge is 0.370 e. The Kier molecular flexibility index (Phi) is 4.35. The molecule has 2 aromatic heterocycles. The minimum Gasteiger partial charge on any atom is -0.370 e. The molecule has 1 amide bonds. The standard InChI is InChI=1S/C14H18N6O3/c1-15-13(22)14-17-11(18-23-14)9-20-12(21)7-10(8-16-20)19-5-3-2-4-6-19/h7-8H,2-6,9H2,1H3,(H,15,22). The van der Waals surface area contributed by atoms with E-state index in [4.69, 9.17) is 4.52 Å². The van der Waals surface area contributed by atoms with Crippen LogP contribution >= 0.6 is 0 Å². The smallest absolute Gasteiger partial charge is 0.315 e. The highest BCUT2D eigenvalue weighted by molar-refractivity contribution is 5.89. The maximum Gasteiger partial charge on any atom is 0.315 e. The van der Waals surface area contributed by atoms with Gasteiger partial charge in [0, 0.05) is 26.2 Å². The highest BCUT2D eigenvalue weighted by atomic mass is 16.5. The number of amides is 1. The third-order valence-electron chi connectivity index (χ3n) is 3.76. The first kappa shape index (κ1) is 15.2. The third kappa shape index (κ3) is 3.38. The zero-order valence-corrected chi connectivity index (χ0v) is 12.9. The van der Waals surface area contributed by atoms with Gasteiger partial charge in [0.25, 0.3) is 5.56 Å². The third-order valence-corrected chi connectivity index (χ3v) is 3.76. The number of nitrogens with one attached hydrogen (secondary N) is 1. The summed E-state index contributed by atoms with van der Waals surface area (Å²) in [6, 6.07) is 1.57. The molecule has 3 rings (SSSR count). The molecule has 1 N–H and O–H groups in total. The second kappa shape index (κ2) is 6.59. The highest BCUT2D eigenvalue weighted by Gasteiger charge is 2.16. The van der Waals surface area contributed by atoms with E-state index in [0.29, 0.717) is 0 Å². The van der Waals surface area contributed by atoms with Crippen molar-refractivity contribution in [2.45, 2.75) is 25.8 Å². The van der Waals surface area contributed by atoms with Gasteiger partial charge in [0.15, 0.2) is 5.82 Å². The summed E-state index contributed by atoms with van der Waals surface area (Å²) in [4.78, 5) is 29.7. The van der Waals surface area contributed by atoms with E-state index in [1.54, 1.807) is 12.3 Å². The summed E-state index contributed by atoms with van der Waals surface area (Å²) < 4.78 is 6.07. The molecular formula is C14H18N6O3. The van der Waals surface area contributed by atoms with Crippen LogP contribution < -0.4 is 15.8 Å². The van der Waals surface area contributed by atoms with E-state index in [-0.39, 0.29) is 23.8 Å². The molecule has 0 aromatic carbocycles. The molecule has 2 aromatic rings. The summed E-state index contributed by atoms with van der Waals surface area (Å²) in [5.74, 6) is -0.381. The fraction of sp³-hybridized carbons (Fsp3) is 0.500. The van der Waals surface area contributed by atoms with Gasteiger partial charge in [-0.3, -0.25) is 9.59 Å². The lowest BCUT2D eigenvalue weighted by molar-refractivity contribution is 0.0919. The van der Waals surface area contributed by atoms with Crippen molar-refractivity contribution in [3.8, 4) is 0 Å². The van der Waals surface area contributed by atoms with Gasteiger partial charge in [-0.2, -0.15) is 10.1 Å². The Balaban J connectivity index is 1.74. The Morgan fingerprint density at radius 1 is 1.35 bits per heavy atom. The minimum absolute atomic E-state index is 0.0552. The topological polar surface area (TPSA) is 106 Å². The second-order valence-electron chi connectivity index (χ2n) is 5.35. The van der Waals surface area contributed by atoms with Crippen molar-refractivity contribution in [3.63, 3.8) is 0 Å². The fourth-order valence-corrected chi connectivity index (χ4v) is 2.52. The fourth-order valence-electron chi connectivity index (χ4n) is 2.52. The summed E-state index contributed by atoms with van der Waals surface area (Å²) in [7, 11) is 1.47. The molecule has 122 valence electrons. The number of aromatic nitrogens is 4. The van der Waals surface area contributed by atoms with Crippen LogP contribution in [0, 0.1) is 0 Å². The molecule has 0 radical (unpaired) electrons. The van der Waals surface area contributed by atoms with Gasteiger partial charge in [0.1, 0.15) is 6.54 Å². The first-order valence-electron chi connectivity index (χ1n) is 7.54. The Bertz CT molecular complexity index is 747. The lowest BCUT2D eigenvalue weighted by atomic mass is 10.1. The maximum absolute atomic E-state index is 12.2. The Labute approximate surface area is 132 Å². The van der Waals surface area contributed by atoms with E-state index in [9.17, 15) is 9.59 Å². The molecule has 0 aliphatic carbocycles. The van der Waals surface area contributed by atoms with Gasteiger partial charge in [-0.1, -0.05) is 5.16 Å². The Morgan fingerprint density at radius 2 is 2.13 bits per heavy atom. The number of anilines is 1. The SMILES string of the molecule is CNC(=O)c1nc(Cn2ncc(N3CCCCC3)cc2=O)no1. The normalized spacial score (nSPS) is 14.7. The van der Waals surface area contributed by atoms with Crippen molar-refractivity contribution < 1.29 is 9.32 Å². The van der Waals surface area contributed by atoms with Crippen LogP contribution in [0.2, 0.25) is 0 Å². The van der Waals surface area contributed by atoms with Gasteiger partial charge in [-0.05, 0) is 19.3 Å². The maximum atomic E-state index is 12.2. The van der Waals surface area contributed by atoms with E-state index >= 15 is 0 Å². The average Bonchev–Trinajstić information content (AvgIpc) is 3.05. The van der Waals surface area contributed by atoms with Gasteiger partial charge in [0.2, 0.25) is 0 Å². The van der Waals surface area contributed by atoms with Crippen LogP contribution in [-0.2, 0) is 6.54 Å². The zero-order chi connectivity index (χ0) is 16.2. The van der Waals surface area contributed by atoms with Gasteiger partial charge >= 0.3 is 11.8 Å². The number of carbonyl (C=O) groups is 1. The van der Waals surface area contributed by atoms with Crippen LogP contribution in [0.1, 0.15) is 35.8 Å². The summed E-state index contributed by atoms with van der Waals surface area (Å²) in [5.41, 5.74) is 0.601. The molecule has 1 aliphatic rings. The second-order valence-corrected chi connectivity index (χ2v) is 5.35. The lowest BCUT2D eigenvalue weighted by Gasteiger charge is -2.28. The zero-order valence-electron chi connectivity index (χ0n) is 12.9. The quantitative estimate of drug-likeness (QED) is 0.847. The predicted octanol–water partition coefficient (Wildman–Crippen LogP) is 0.0245. The summed E-state index contributed by atoms with van der Waals surface area (Å²) in [6.07, 6.45) is 5.17. The first-order valence-corrected chi connectivity index (χ1v) is 7.54. The molecule has 0 saturated carbocycles. The molecule has 0 bridgehead atoms. The number of hydrogen-bond acceptors (Lipinski definition) is 7. The van der Waals surface area contributed by atoms with E-state index in [2.05, 4.69) is 25.5 Å². The van der Waals surface area contributed by atoms with E-state index in [0.717, 1.165) is 31.6 Å². The van der Waals surface area contributed by atoms with Gasteiger partial charge in [-0.15, -0.1) is 0 Å². The highest BCUT2D eigenvalue weighted by Crippen LogP contribution is 2.16. The van der Waals surface area contributed by atoms with E-state index in [1.165, 1.54) is 18.2 Å². The summed E-state index contributed by atoms with van der Waals surface area (Å²) >= 11 is 0. The van der Waals surface area contributed by atoms with Gasteiger partial charge in [0.05, 0.1) is 11.9 Å². The Hall–Kier alpha value is -2.71. The van der Waals surface area contributed by atoms with Crippen LogP contribution in [0.5, 0.6) is 0 Å². The number of carbonyl (C=O) groups excluding carboxylic acids is 1. The molecule has 9 nitrogen and oxygen atoms in total. The van der Waals surface area contributed by atoms with Crippen molar-refractivity contribution in [1.29, 1.82) is 0 Å². The summed E-state index contributed by atoms with van der Waals surface area (Å²) in [5, 5.41) is 10.2. The van der Waals surface area contributed by atoms with Gasteiger partial charge < -0.3 is 14.7 Å².